The fourth-order valence-electron chi connectivity index (χ4n) is 3.62. The van der Waals surface area contributed by atoms with Gasteiger partial charge in [0.1, 0.15) is 0 Å². The van der Waals surface area contributed by atoms with Gasteiger partial charge in [-0.1, -0.05) is 18.2 Å². The van der Waals surface area contributed by atoms with E-state index in [2.05, 4.69) is 31.2 Å². The molecule has 0 saturated carbocycles. The predicted molar refractivity (Wildman–Crippen MR) is 120 cm³/mol. The van der Waals surface area contributed by atoms with Crippen molar-refractivity contribution >= 4 is 28.7 Å². The fourth-order valence-corrected chi connectivity index (χ4v) is 3.62. The summed E-state index contributed by atoms with van der Waals surface area (Å²) in [6.45, 7) is 10.8. The van der Waals surface area contributed by atoms with Crippen LogP contribution in [0, 0.1) is 6.92 Å². The molecule has 2 aromatic rings. The lowest BCUT2D eigenvalue weighted by Gasteiger charge is -2.23. The molecule has 162 valence electrons. The van der Waals surface area contributed by atoms with Gasteiger partial charge >= 0.3 is 12.1 Å². The number of aryl methyl sites for hydroxylation is 1. The number of fused-ring (bicyclic) bond motifs is 1. The Bertz CT molecular complexity index is 908. The van der Waals surface area contributed by atoms with Crippen LogP contribution in [0.25, 0.3) is 10.9 Å². The third-order valence-electron chi connectivity index (χ3n) is 4.90. The zero-order chi connectivity index (χ0) is 21.7. The molecule has 2 heterocycles. The van der Waals surface area contributed by atoms with Gasteiger partial charge in [-0.25, -0.2) is 9.59 Å². The number of carbonyl (C=O) groups is 2. The molecule has 1 fully saturated rings. The number of hydrogen-bond donors (Lipinski definition) is 4. The molecule has 1 aromatic carbocycles. The molecule has 0 radical (unpaired) electrons. The molecule has 1 aliphatic heterocycles. The number of likely N-dealkylation sites (tertiary alicyclic amines) is 1. The largest absolute Gasteiger partial charge is 0.337 e. The average molecular weight is 413 g/mol. The number of rotatable bonds is 5. The molecule has 4 amide bonds. The van der Waals surface area contributed by atoms with Gasteiger partial charge in [-0.3, -0.25) is 9.88 Å². The zero-order valence-corrected chi connectivity index (χ0v) is 18.2. The lowest BCUT2D eigenvalue weighted by Crippen LogP contribution is -2.50. The number of para-hydroxylation sites is 1. The first kappa shape index (κ1) is 21.8. The number of pyridine rings is 1. The molecule has 0 bridgehead atoms. The van der Waals surface area contributed by atoms with Crippen molar-refractivity contribution in [3.63, 3.8) is 0 Å². The van der Waals surface area contributed by atoms with Crippen LogP contribution in [-0.4, -0.2) is 59.7 Å². The first-order valence-electron chi connectivity index (χ1n) is 10.4. The summed E-state index contributed by atoms with van der Waals surface area (Å²) < 4.78 is 0. The minimum absolute atomic E-state index is 0.132. The third kappa shape index (κ3) is 6.32. The van der Waals surface area contributed by atoms with Gasteiger partial charge in [-0.15, -0.1) is 0 Å². The van der Waals surface area contributed by atoms with Crippen LogP contribution in [0.4, 0.5) is 15.3 Å². The van der Waals surface area contributed by atoms with E-state index in [1.807, 2.05) is 58.0 Å². The molecule has 1 saturated heterocycles. The predicted octanol–water partition coefficient (Wildman–Crippen LogP) is 2.84. The average Bonchev–Trinajstić information content (AvgIpc) is 3.07. The van der Waals surface area contributed by atoms with E-state index in [-0.39, 0.29) is 23.6 Å². The van der Waals surface area contributed by atoms with Crippen molar-refractivity contribution in [1.29, 1.82) is 0 Å². The summed E-state index contributed by atoms with van der Waals surface area (Å²) in [6, 6.07) is 9.39. The summed E-state index contributed by atoms with van der Waals surface area (Å²) in [7, 11) is 0. The van der Waals surface area contributed by atoms with Gasteiger partial charge in [0.25, 0.3) is 0 Å². The second-order valence-corrected chi connectivity index (χ2v) is 8.84. The van der Waals surface area contributed by atoms with Gasteiger partial charge in [-0.2, -0.15) is 0 Å². The molecule has 1 aliphatic rings. The van der Waals surface area contributed by atoms with Crippen molar-refractivity contribution in [1.82, 2.24) is 25.8 Å². The Labute approximate surface area is 177 Å². The summed E-state index contributed by atoms with van der Waals surface area (Å²) in [5.74, 6) is 0. The maximum atomic E-state index is 12.4. The molecule has 8 nitrogen and oxygen atoms in total. The molecule has 8 heteroatoms. The fraction of sp³-hybridized carbons (Fsp3) is 0.500. The second kappa shape index (κ2) is 9.30. The van der Waals surface area contributed by atoms with E-state index in [1.54, 1.807) is 0 Å². The molecule has 3 rings (SSSR count). The second-order valence-electron chi connectivity index (χ2n) is 8.84. The Morgan fingerprint density at radius 2 is 1.97 bits per heavy atom. The van der Waals surface area contributed by atoms with Crippen LogP contribution in [0.5, 0.6) is 0 Å². The highest BCUT2D eigenvalue weighted by Crippen LogP contribution is 2.22. The van der Waals surface area contributed by atoms with Crippen molar-refractivity contribution in [2.45, 2.75) is 45.7 Å². The van der Waals surface area contributed by atoms with Crippen LogP contribution in [0.2, 0.25) is 0 Å². The van der Waals surface area contributed by atoms with Crippen molar-refractivity contribution in [2.24, 2.45) is 0 Å². The van der Waals surface area contributed by atoms with Crippen LogP contribution in [-0.2, 0) is 0 Å². The monoisotopic (exact) mass is 412 g/mol. The molecule has 1 aromatic heterocycles. The van der Waals surface area contributed by atoms with Gasteiger partial charge in [0.2, 0.25) is 0 Å². The number of hydrogen-bond acceptors (Lipinski definition) is 4. The van der Waals surface area contributed by atoms with E-state index in [4.69, 9.17) is 0 Å². The van der Waals surface area contributed by atoms with E-state index in [1.165, 1.54) is 0 Å². The van der Waals surface area contributed by atoms with Crippen LogP contribution >= 0.6 is 0 Å². The number of urea groups is 2. The quantitative estimate of drug-likeness (QED) is 0.607. The Balaban J connectivity index is 1.42. The Morgan fingerprint density at radius 1 is 1.20 bits per heavy atom. The van der Waals surface area contributed by atoms with Crippen molar-refractivity contribution in [3.05, 3.63) is 36.0 Å². The number of nitrogens with one attached hydrogen (secondary N) is 4. The van der Waals surface area contributed by atoms with Crippen LogP contribution in [0.1, 0.15) is 32.9 Å². The molecule has 0 aliphatic carbocycles. The van der Waals surface area contributed by atoms with E-state index in [0.717, 1.165) is 48.3 Å². The number of nitrogens with zero attached hydrogens (tertiary/aromatic N) is 2. The molecular formula is C22H32N6O2. The topological polar surface area (TPSA) is 98.4 Å². The lowest BCUT2D eigenvalue weighted by molar-refractivity contribution is 0.227. The summed E-state index contributed by atoms with van der Waals surface area (Å²) >= 11 is 0. The first-order valence-corrected chi connectivity index (χ1v) is 10.4. The minimum Gasteiger partial charge on any atom is -0.337 e. The number of carbonyl (C=O) groups excluding carboxylic acids is 2. The van der Waals surface area contributed by atoms with E-state index < -0.39 is 0 Å². The molecular weight excluding hydrogens is 380 g/mol. The zero-order valence-electron chi connectivity index (χ0n) is 18.2. The van der Waals surface area contributed by atoms with Crippen LogP contribution in [0.3, 0.4) is 0 Å². The Kier molecular flexibility index (Phi) is 6.77. The summed E-state index contributed by atoms with van der Waals surface area (Å²) in [4.78, 5) is 31.1. The Morgan fingerprint density at radius 3 is 2.73 bits per heavy atom. The van der Waals surface area contributed by atoms with Crippen molar-refractivity contribution < 1.29 is 9.59 Å². The van der Waals surface area contributed by atoms with Crippen LogP contribution in [0.15, 0.2) is 30.3 Å². The van der Waals surface area contributed by atoms with E-state index in [9.17, 15) is 9.59 Å². The lowest BCUT2D eigenvalue weighted by atomic mass is 10.1. The molecule has 30 heavy (non-hydrogen) atoms. The SMILES string of the molecule is Cc1cc(NC(=O)NCCN2CCC(NC(=O)NC(C)(C)C)C2)c2ccccc2n1. The molecule has 0 spiro atoms. The highest BCUT2D eigenvalue weighted by molar-refractivity contribution is 6.00. The van der Waals surface area contributed by atoms with Crippen molar-refractivity contribution in [3.8, 4) is 0 Å². The third-order valence-corrected chi connectivity index (χ3v) is 4.90. The van der Waals surface area contributed by atoms with Crippen molar-refractivity contribution in [2.75, 3.05) is 31.5 Å². The highest BCUT2D eigenvalue weighted by Gasteiger charge is 2.24. The highest BCUT2D eigenvalue weighted by atomic mass is 16.2. The smallest absolute Gasteiger partial charge is 0.319 e. The van der Waals surface area contributed by atoms with Gasteiger partial charge in [0, 0.05) is 48.8 Å². The van der Waals surface area contributed by atoms with Gasteiger partial charge < -0.3 is 21.3 Å². The van der Waals surface area contributed by atoms with Gasteiger partial charge in [-0.05, 0) is 46.2 Å². The summed E-state index contributed by atoms with van der Waals surface area (Å²) in [5, 5.41) is 12.7. The van der Waals surface area contributed by atoms with E-state index >= 15 is 0 Å². The maximum absolute atomic E-state index is 12.4. The summed E-state index contributed by atoms with van der Waals surface area (Å²) in [6.07, 6.45) is 0.909. The number of anilines is 1. The normalized spacial score (nSPS) is 17.0. The maximum Gasteiger partial charge on any atom is 0.319 e. The van der Waals surface area contributed by atoms with Gasteiger partial charge in [0.15, 0.2) is 0 Å². The molecule has 1 atom stereocenters. The number of amides is 4. The standard InChI is InChI=1S/C22H32N6O2/c1-15-13-19(17-7-5-6-8-18(17)24-15)26-20(29)23-10-12-28-11-9-16(14-28)25-21(30)27-22(2,3)4/h5-8,13,16H,9-12,14H2,1-4H3,(H2,25,27,30)(H2,23,24,26,29). The Hall–Kier alpha value is -2.87. The van der Waals surface area contributed by atoms with E-state index in [0.29, 0.717) is 6.54 Å². The van der Waals surface area contributed by atoms with Gasteiger partial charge in [0.05, 0.1) is 11.2 Å². The summed E-state index contributed by atoms with van der Waals surface area (Å²) in [5.41, 5.74) is 2.22. The number of benzene rings is 1. The molecule has 4 N–H and O–H groups in total. The molecule has 1 unspecified atom stereocenters. The van der Waals surface area contributed by atoms with Crippen LogP contribution < -0.4 is 21.3 Å². The number of aromatic nitrogens is 1. The minimum atomic E-state index is -0.252. The first-order chi connectivity index (χ1) is 14.2.